The van der Waals surface area contributed by atoms with Crippen molar-refractivity contribution in [1.29, 1.82) is 0 Å². The number of benzene rings is 2. The Balaban J connectivity index is 0.00000261. The topological polar surface area (TPSA) is 36.4 Å². The smallest absolute Gasteiger partial charge is 0.261 e. The van der Waals surface area contributed by atoms with Crippen molar-refractivity contribution in [1.82, 2.24) is 9.88 Å². The van der Waals surface area contributed by atoms with E-state index in [0.717, 1.165) is 15.8 Å². The molecule has 0 aliphatic rings. The van der Waals surface area contributed by atoms with E-state index >= 15 is 0 Å². The van der Waals surface area contributed by atoms with Gasteiger partial charge in [-0.1, -0.05) is 46.7 Å². The number of anilines is 1. The largest absolute Gasteiger partial charge is 0.308 e. The number of aromatic nitrogens is 1. The highest BCUT2D eigenvalue weighted by Gasteiger charge is 2.23. The predicted octanol–water partition coefficient (Wildman–Crippen LogP) is 5.54. The predicted molar refractivity (Wildman–Crippen MR) is 118 cm³/mol. The van der Waals surface area contributed by atoms with Crippen molar-refractivity contribution in [3.05, 3.63) is 57.6 Å². The fourth-order valence-corrected chi connectivity index (χ4v) is 4.14. The van der Waals surface area contributed by atoms with E-state index < -0.39 is 0 Å². The van der Waals surface area contributed by atoms with Crippen LogP contribution in [0, 0.1) is 6.92 Å². The number of carbonyl (C=O) groups excluding carboxylic acids is 1. The zero-order valence-electron chi connectivity index (χ0n) is 15.2. The van der Waals surface area contributed by atoms with Gasteiger partial charge in [0.2, 0.25) is 0 Å². The van der Waals surface area contributed by atoms with Crippen LogP contribution in [0.2, 0.25) is 10.0 Å². The van der Waals surface area contributed by atoms with Crippen LogP contribution in [0.5, 0.6) is 0 Å². The van der Waals surface area contributed by atoms with Crippen LogP contribution >= 0.6 is 46.9 Å². The Morgan fingerprint density at radius 2 is 1.89 bits per heavy atom. The standard InChI is InChI=1S/C19H19Cl2N3OS.ClH/c1-12-5-4-6-16-17(12)22-19(26-16)24(10-9-23(2)3)18(25)14-8-7-13(20)11-15(14)21;/h4-8,11H,9-10H2,1-3H3;1H. The van der Waals surface area contributed by atoms with Gasteiger partial charge in [-0.3, -0.25) is 9.69 Å². The van der Waals surface area contributed by atoms with Crippen LogP contribution in [0.15, 0.2) is 36.4 Å². The summed E-state index contributed by atoms with van der Waals surface area (Å²) < 4.78 is 1.06. The number of para-hydroxylation sites is 1. The second-order valence-corrected chi connectivity index (χ2v) is 8.16. The lowest BCUT2D eigenvalue weighted by molar-refractivity contribution is 0.0985. The Morgan fingerprint density at radius 1 is 1.15 bits per heavy atom. The number of carbonyl (C=O) groups is 1. The van der Waals surface area contributed by atoms with Gasteiger partial charge in [-0.15, -0.1) is 12.4 Å². The van der Waals surface area contributed by atoms with Gasteiger partial charge in [-0.25, -0.2) is 4.98 Å². The number of likely N-dealkylation sites (N-methyl/N-ethyl adjacent to an activating group) is 1. The van der Waals surface area contributed by atoms with E-state index in [4.69, 9.17) is 28.2 Å². The molecule has 0 bridgehead atoms. The number of aryl methyl sites for hydroxylation is 1. The van der Waals surface area contributed by atoms with E-state index in [1.165, 1.54) is 11.3 Å². The first-order valence-corrected chi connectivity index (χ1v) is 9.72. The van der Waals surface area contributed by atoms with E-state index in [-0.39, 0.29) is 18.3 Å². The molecule has 8 heteroatoms. The molecule has 27 heavy (non-hydrogen) atoms. The minimum absolute atomic E-state index is 0. The molecule has 0 saturated heterocycles. The van der Waals surface area contributed by atoms with E-state index in [1.54, 1.807) is 23.1 Å². The summed E-state index contributed by atoms with van der Waals surface area (Å²) in [6.07, 6.45) is 0. The van der Waals surface area contributed by atoms with Crippen LogP contribution < -0.4 is 4.90 Å². The number of amides is 1. The number of fused-ring (bicyclic) bond motifs is 1. The van der Waals surface area contributed by atoms with Gasteiger partial charge in [-0.2, -0.15) is 0 Å². The number of halogens is 3. The molecule has 0 aliphatic heterocycles. The van der Waals surface area contributed by atoms with E-state index in [1.807, 2.05) is 44.1 Å². The summed E-state index contributed by atoms with van der Waals surface area (Å²) in [5.74, 6) is -0.176. The second-order valence-electron chi connectivity index (χ2n) is 6.30. The van der Waals surface area contributed by atoms with Crippen LogP contribution in [0.3, 0.4) is 0 Å². The molecular formula is C19H20Cl3N3OS. The van der Waals surface area contributed by atoms with Crippen molar-refractivity contribution in [2.24, 2.45) is 0 Å². The van der Waals surface area contributed by atoms with Gasteiger partial charge in [0.1, 0.15) is 0 Å². The van der Waals surface area contributed by atoms with Gasteiger partial charge in [0.05, 0.1) is 20.8 Å². The van der Waals surface area contributed by atoms with Crippen LogP contribution in [-0.2, 0) is 0 Å². The Labute approximate surface area is 179 Å². The Kier molecular flexibility index (Phi) is 7.48. The average molecular weight is 445 g/mol. The first kappa shape index (κ1) is 21.9. The molecule has 0 fully saturated rings. The van der Waals surface area contributed by atoms with Crippen molar-refractivity contribution in [2.45, 2.75) is 6.92 Å². The summed E-state index contributed by atoms with van der Waals surface area (Å²) in [6.45, 7) is 3.25. The molecule has 0 spiro atoms. The maximum absolute atomic E-state index is 13.2. The molecule has 0 saturated carbocycles. The number of hydrogen-bond acceptors (Lipinski definition) is 4. The van der Waals surface area contributed by atoms with Crippen LogP contribution in [0.25, 0.3) is 10.2 Å². The molecule has 1 aromatic heterocycles. The molecule has 144 valence electrons. The fourth-order valence-electron chi connectivity index (χ4n) is 2.58. The van der Waals surface area contributed by atoms with Gasteiger partial charge >= 0.3 is 0 Å². The number of thiazole rings is 1. The Bertz CT molecular complexity index is 959. The third kappa shape index (κ3) is 4.92. The molecule has 2 aromatic carbocycles. The summed E-state index contributed by atoms with van der Waals surface area (Å²) in [6, 6.07) is 11.0. The SMILES string of the molecule is Cc1cccc2sc(N(CCN(C)C)C(=O)c3ccc(Cl)cc3Cl)nc12.Cl. The van der Waals surface area contributed by atoms with Crippen molar-refractivity contribution in [2.75, 3.05) is 32.1 Å². The molecule has 0 unspecified atom stereocenters. The molecular weight excluding hydrogens is 425 g/mol. The average Bonchev–Trinajstić information content (AvgIpc) is 3.00. The highest BCUT2D eigenvalue weighted by atomic mass is 35.5. The molecule has 0 N–H and O–H groups in total. The van der Waals surface area contributed by atoms with E-state index in [0.29, 0.717) is 33.8 Å². The minimum Gasteiger partial charge on any atom is -0.308 e. The van der Waals surface area contributed by atoms with Gasteiger partial charge < -0.3 is 4.90 Å². The highest BCUT2D eigenvalue weighted by molar-refractivity contribution is 7.22. The number of rotatable bonds is 5. The quantitative estimate of drug-likeness (QED) is 0.518. The van der Waals surface area contributed by atoms with Crippen molar-refractivity contribution in [3.8, 4) is 0 Å². The Morgan fingerprint density at radius 3 is 2.52 bits per heavy atom. The lowest BCUT2D eigenvalue weighted by Crippen LogP contribution is -2.36. The maximum Gasteiger partial charge on any atom is 0.261 e. The van der Waals surface area contributed by atoms with E-state index in [9.17, 15) is 4.79 Å². The summed E-state index contributed by atoms with van der Waals surface area (Å²) in [5.41, 5.74) is 2.44. The summed E-state index contributed by atoms with van der Waals surface area (Å²) in [4.78, 5) is 21.6. The van der Waals surface area contributed by atoms with Gasteiger partial charge in [0.15, 0.2) is 5.13 Å². The third-order valence-electron chi connectivity index (χ3n) is 4.02. The monoisotopic (exact) mass is 443 g/mol. The van der Waals surface area contributed by atoms with Gasteiger partial charge in [0.25, 0.3) is 5.91 Å². The lowest BCUT2D eigenvalue weighted by atomic mass is 10.2. The van der Waals surface area contributed by atoms with Gasteiger partial charge in [-0.05, 0) is 50.8 Å². The molecule has 3 rings (SSSR count). The number of nitrogens with zero attached hydrogens (tertiary/aromatic N) is 3. The van der Waals surface area contributed by atoms with Crippen molar-refractivity contribution in [3.63, 3.8) is 0 Å². The molecule has 1 amide bonds. The zero-order valence-corrected chi connectivity index (χ0v) is 18.3. The summed E-state index contributed by atoms with van der Waals surface area (Å²) >= 11 is 13.7. The van der Waals surface area contributed by atoms with Crippen molar-refractivity contribution < 1.29 is 4.79 Å². The van der Waals surface area contributed by atoms with Crippen LogP contribution in [0.1, 0.15) is 15.9 Å². The molecule has 0 atom stereocenters. The molecule has 0 aliphatic carbocycles. The zero-order chi connectivity index (χ0) is 18.8. The van der Waals surface area contributed by atoms with Gasteiger partial charge in [0, 0.05) is 18.1 Å². The number of hydrogen-bond donors (Lipinski definition) is 0. The third-order valence-corrected chi connectivity index (χ3v) is 5.61. The normalized spacial score (nSPS) is 10.9. The van der Waals surface area contributed by atoms with Crippen molar-refractivity contribution >= 4 is 68.2 Å². The van der Waals surface area contributed by atoms with Crippen LogP contribution in [0.4, 0.5) is 5.13 Å². The minimum atomic E-state index is -0.176. The van der Waals surface area contributed by atoms with E-state index in [2.05, 4.69) is 0 Å². The molecule has 0 radical (unpaired) electrons. The maximum atomic E-state index is 13.2. The fraction of sp³-hybridized carbons (Fsp3) is 0.263. The first-order chi connectivity index (χ1) is 12.4. The summed E-state index contributed by atoms with van der Waals surface area (Å²) in [5, 5.41) is 1.52. The highest BCUT2D eigenvalue weighted by Crippen LogP contribution is 2.32. The first-order valence-electron chi connectivity index (χ1n) is 8.14. The summed E-state index contributed by atoms with van der Waals surface area (Å²) in [7, 11) is 3.95. The molecule has 3 aromatic rings. The molecule has 4 nitrogen and oxygen atoms in total. The second kappa shape index (κ2) is 9.22. The Hall–Kier alpha value is -1.37. The van der Waals surface area contributed by atoms with Crippen LogP contribution in [-0.4, -0.2) is 43.0 Å². The lowest BCUT2D eigenvalue weighted by Gasteiger charge is -2.22. The molecule has 1 heterocycles.